The van der Waals surface area contributed by atoms with E-state index in [0.29, 0.717) is 13.1 Å². The number of ether oxygens (including phenoxy) is 1. The number of benzene rings is 2. The molecule has 5 nitrogen and oxygen atoms in total. The molecule has 1 fully saturated rings. The highest BCUT2D eigenvalue weighted by molar-refractivity contribution is 6.33. The quantitative estimate of drug-likeness (QED) is 0.818. The fourth-order valence-corrected chi connectivity index (χ4v) is 3.65. The van der Waals surface area contributed by atoms with Gasteiger partial charge >= 0.3 is 0 Å². The van der Waals surface area contributed by atoms with Crippen LogP contribution in [-0.4, -0.2) is 57.7 Å². The zero-order chi connectivity index (χ0) is 19.2. The molecule has 0 radical (unpaired) electrons. The minimum absolute atomic E-state index is 0.173. The number of para-hydroxylation sites is 1. The Hall–Kier alpha value is -2.24. The molecule has 1 saturated heterocycles. The largest absolute Gasteiger partial charge is 0.497 e. The summed E-state index contributed by atoms with van der Waals surface area (Å²) < 4.78 is 5.17. The van der Waals surface area contributed by atoms with Crippen molar-refractivity contribution in [3.63, 3.8) is 0 Å². The van der Waals surface area contributed by atoms with Gasteiger partial charge in [-0.25, -0.2) is 0 Å². The third kappa shape index (κ3) is 5.15. The van der Waals surface area contributed by atoms with Gasteiger partial charge in [-0.1, -0.05) is 35.9 Å². The van der Waals surface area contributed by atoms with Crippen molar-refractivity contribution in [3.8, 4) is 5.75 Å². The molecule has 6 heteroatoms. The van der Waals surface area contributed by atoms with Gasteiger partial charge in [0, 0.05) is 13.6 Å². The molecule has 0 aliphatic carbocycles. The number of likely N-dealkylation sites (N-methyl/N-ethyl adjacent to an activating group) is 1. The number of methoxy groups -OCH3 is 1. The lowest BCUT2D eigenvalue weighted by atomic mass is 10.2. The van der Waals surface area contributed by atoms with E-state index in [9.17, 15) is 4.79 Å². The topological polar surface area (TPSA) is 37.2 Å². The van der Waals surface area contributed by atoms with Crippen molar-refractivity contribution < 1.29 is 14.4 Å². The van der Waals surface area contributed by atoms with Gasteiger partial charge in [0.2, 0.25) is 0 Å². The number of rotatable bonds is 6. The molecular weight excluding hydrogens is 362 g/mol. The Morgan fingerprint density at radius 2 is 1.81 bits per heavy atom. The first kappa shape index (κ1) is 19.5. The van der Waals surface area contributed by atoms with Crippen LogP contribution in [0.5, 0.6) is 5.75 Å². The molecule has 2 aromatic rings. The smallest absolute Gasteiger partial charge is 0.277 e. The summed E-state index contributed by atoms with van der Waals surface area (Å²) in [6.45, 7) is 4.84. The van der Waals surface area contributed by atoms with Gasteiger partial charge in [0.15, 0.2) is 6.54 Å². The summed E-state index contributed by atoms with van der Waals surface area (Å²) in [5.74, 6) is 1.00. The normalized spacial score (nSPS) is 14.9. The molecule has 1 aliphatic rings. The van der Waals surface area contributed by atoms with E-state index in [1.54, 1.807) is 12.0 Å². The molecule has 3 rings (SSSR count). The monoisotopic (exact) mass is 388 g/mol. The van der Waals surface area contributed by atoms with E-state index in [0.717, 1.165) is 48.2 Å². The van der Waals surface area contributed by atoms with Crippen molar-refractivity contribution in [2.45, 2.75) is 6.54 Å². The van der Waals surface area contributed by atoms with Crippen LogP contribution in [0.4, 0.5) is 5.69 Å². The Bertz CT molecular complexity index is 758. The summed E-state index contributed by atoms with van der Waals surface area (Å²) in [6.07, 6.45) is 0. The molecule has 1 N–H and O–H groups in total. The summed E-state index contributed by atoms with van der Waals surface area (Å²) in [7, 11) is 3.52. The van der Waals surface area contributed by atoms with Gasteiger partial charge in [0.25, 0.3) is 5.91 Å². The number of piperazine rings is 1. The number of halogens is 1. The van der Waals surface area contributed by atoms with Crippen molar-refractivity contribution in [3.05, 3.63) is 59.1 Å². The second kappa shape index (κ2) is 9.11. The number of amides is 1. The minimum atomic E-state index is 0.173. The fraction of sp³-hybridized carbons (Fsp3) is 0.381. The van der Waals surface area contributed by atoms with E-state index in [1.807, 2.05) is 49.5 Å². The van der Waals surface area contributed by atoms with Crippen LogP contribution < -0.4 is 14.5 Å². The van der Waals surface area contributed by atoms with Crippen LogP contribution in [0.15, 0.2) is 48.5 Å². The summed E-state index contributed by atoms with van der Waals surface area (Å²) in [6, 6.07) is 15.8. The van der Waals surface area contributed by atoms with E-state index >= 15 is 0 Å². The van der Waals surface area contributed by atoms with Gasteiger partial charge in [0.1, 0.15) is 5.75 Å². The number of carbonyl (C=O) groups is 1. The van der Waals surface area contributed by atoms with Crippen molar-refractivity contribution >= 4 is 23.2 Å². The highest BCUT2D eigenvalue weighted by atomic mass is 35.5. The maximum absolute atomic E-state index is 12.6. The lowest BCUT2D eigenvalue weighted by Crippen LogP contribution is -3.15. The number of hydrogen-bond acceptors (Lipinski definition) is 3. The van der Waals surface area contributed by atoms with Gasteiger partial charge in [-0.2, -0.15) is 0 Å². The van der Waals surface area contributed by atoms with Crippen molar-refractivity contribution in [2.24, 2.45) is 0 Å². The highest BCUT2D eigenvalue weighted by Crippen LogP contribution is 2.24. The van der Waals surface area contributed by atoms with Crippen LogP contribution in [-0.2, 0) is 11.3 Å². The van der Waals surface area contributed by atoms with Crippen molar-refractivity contribution in [1.29, 1.82) is 0 Å². The fourth-order valence-electron chi connectivity index (χ4n) is 3.39. The maximum Gasteiger partial charge on any atom is 0.277 e. The zero-order valence-electron chi connectivity index (χ0n) is 16.0. The van der Waals surface area contributed by atoms with E-state index in [1.165, 1.54) is 4.90 Å². The Balaban J connectivity index is 1.47. The first-order valence-corrected chi connectivity index (χ1v) is 9.64. The lowest BCUT2D eigenvalue weighted by molar-refractivity contribution is -0.892. The van der Waals surface area contributed by atoms with Crippen molar-refractivity contribution in [2.75, 3.05) is 51.8 Å². The van der Waals surface area contributed by atoms with Crippen LogP contribution in [0.1, 0.15) is 5.56 Å². The summed E-state index contributed by atoms with van der Waals surface area (Å²) in [5.41, 5.74) is 2.19. The minimum Gasteiger partial charge on any atom is -0.497 e. The van der Waals surface area contributed by atoms with Gasteiger partial charge in [-0.05, 0) is 29.8 Å². The van der Waals surface area contributed by atoms with Crippen LogP contribution in [0.25, 0.3) is 0 Å². The van der Waals surface area contributed by atoms with Gasteiger partial charge in [-0.3, -0.25) is 4.79 Å². The van der Waals surface area contributed by atoms with Gasteiger partial charge in [0.05, 0.1) is 44.0 Å². The molecule has 1 heterocycles. The van der Waals surface area contributed by atoms with Crippen molar-refractivity contribution in [1.82, 2.24) is 4.90 Å². The standard InChI is InChI=1S/C21H26ClN3O2/c1-23(15-17-7-9-18(27-2)10-8-17)21(26)16-24-11-13-25(14-12-24)20-6-4-3-5-19(20)22/h3-10H,11-16H2,1-2H3/p+1. The maximum atomic E-state index is 12.6. The average Bonchev–Trinajstić information content (AvgIpc) is 2.69. The molecule has 2 aromatic carbocycles. The molecule has 0 unspecified atom stereocenters. The molecule has 0 bridgehead atoms. The molecule has 0 atom stereocenters. The van der Waals surface area contributed by atoms with E-state index in [4.69, 9.17) is 16.3 Å². The van der Waals surface area contributed by atoms with Gasteiger partial charge < -0.3 is 19.4 Å². The van der Waals surface area contributed by atoms with E-state index in [2.05, 4.69) is 11.0 Å². The second-order valence-corrected chi connectivity index (χ2v) is 7.37. The average molecular weight is 389 g/mol. The Morgan fingerprint density at radius 1 is 1.15 bits per heavy atom. The molecule has 1 aliphatic heterocycles. The molecule has 0 spiro atoms. The second-order valence-electron chi connectivity index (χ2n) is 6.96. The zero-order valence-corrected chi connectivity index (χ0v) is 16.7. The number of carbonyl (C=O) groups excluding carboxylic acids is 1. The summed E-state index contributed by atoms with van der Waals surface area (Å²) in [4.78, 5) is 18.0. The number of nitrogens with zero attached hydrogens (tertiary/aromatic N) is 2. The predicted molar refractivity (Wildman–Crippen MR) is 109 cm³/mol. The molecule has 144 valence electrons. The SMILES string of the molecule is COc1ccc(CN(C)C(=O)C[NH+]2CCN(c3ccccc3Cl)CC2)cc1. The lowest BCUT2D eigenvalue weighted by Gasteiger charge is -2.34. The third-order valence-corrected chi connectivity index (χ3v) is 5.39. The third-order valence-electron chi connectivity index (χ3n) is 5.07. The summed E-state index contributed by atoms with van der Waals surface area (Å²) in [5, 5.41) is 0.788. The van der Waals surface area contributed by atoms with Crippen LogP contribution in [0.2, 0.25) is 5.02 Å². The molecule has 1 amide bonds. The number of nitrogens with one attached hydrogen (secondary N) is 1. The number of anilines is 1. The first-order chi connectivity index (χ1) is 13.1. The Labute approximate surface area is 166 Å². The van der Waals surface area contributed by atoms with Crippen LogP contribution in [0, 0.1) is 0 Å². The first-order valence-electron chi connectivity index (χ1n) is 9.27. The number of hydrogen-bond donors (Lipinski definition) is 1. The molecule has 27 heavy (non-hydrogen) atoms. The Morgan fingerprint density at radius 3 is 2.44 bits per heavy atom. The van der Waals surface area contributed by atoms with Crippen LogP contribution in [0.3, 0.4) is 0 Å². The molecular formula is C21H27ClN3O2+. The van der Waals surface area contributed by atoms with Gasteiger partial charge in [-0.15, -0.1) is 0 Å². The number of quaternary nitrogens is 1. The Kier molecular flexibility index (Phi) is 6.58. The van der Waals surface area contributed by atoms with E-state index in [-0.39, 0.29) is 5.91 Å². The predicted octanol–water partition coefficient (Wildman–Crippen LogP) is 1.71. The van der Waals surface area contributed by atoms with E-state index < -0.39 is 0 Å². The van der Waals surface area contributed by atoms with Crippen LogP contribution >= 0.6 is 11.6 Å². The summed E-state index contributed by atoms with van der Waals surface area (Å²) >= 11 is 6.30. The molecule has 0 aromatic heterocycles. The highest BCUT2D eigenvalue weighted by Gasteiger charge is 2.24. The molecule has 0 saturated carbocycles.